The minimum absolute atomic E-state index is 0.114. The first kappa shape index (κ1) is 20.4. The van der Waals surface area contributed by atoms with Crippen molar-refractivity contribution < 1.29 is 14.4 Å². The van der Waals surface area contributed by atoms with Crippen molar-refractivity contribution in [2.75, 3.05) is 13.1 Å². The van der Waals surface area contributed by atoms with E-state index in [1.807, 2.05) is 32.0 Å². The van der Waals surface area contributed by atoms with Crippen molar-refractivity contribution >= 4 is 29.4 Å². The van der Waals surface area contributed by atoms with Crippen molar-refractivity contribution in [3.63, 3.8) is 0 Å². The van der Waals surface area contributed by atoms with Crippen LogP contribution in [0, 0.1) is 13.8 Å². The molecule has 0 radical (unpaired) electrons. The first-order valence-electron chi connectivity index (χ1n) is 10.0. The van der Waals surface area contributed by atoms with Crippen LogP contribution >= 0.6 is 11.6 Å². The number of rotatable bonds is 3. The van der Waals surface area contributed by atoms with Crippen LogP contribution in [0.2, 0.25) is 5.02 Å². The zero-order valence-electron chi connectivity index (χ0n) is 17.1. The van der Waals surface area contributed by atoms with Crippen molar-refractivity contribution in [3.05, 3.63) is 69.7 Å². The van der Waals surface area contributed by atoms with E-state index in [0.29, 0.717) is 36.5 Å². The smallest absolute Gasteiger partial charge is 0.325 e. The number of nitrogens with one attached hydrogen (secondary N) is 1. The number of amides is 4. The summed E-state index contributed by atoms with van der Waals surface area (Å²) in [4.78, 5) is 41.6. The summed E-state index contributed by atoms with van der Waals surface area (Å²) in [6.07, 6.45) is 0.792. The topological polar surface area (TPSA) is 69.7 Å². The molecule has 0 bridgehead atoms. The summed E-state index contributed by atoms with van der Waals surface area (Å²) in [5, 5.41) is 3.42. The van der Waals surface area contributed by atoms with Gasteiger partial charge in [0.05, 0.1) is 6.54 Å². The zero-order valence-corrected chi connectivity index (χ0v) is 17.8. The molecule has 0 aromatic heterocycles. The van der Waals surface area contributed by atoms with Gasteiger partial charge in [0.25, 0.3) is 11.8 Å². The molecule has 0 atom stereocenters. The Morgan fingerprint density at radius 2 is 1.83 bits per heavy atom. The molecule has 2 heterocycles. The summed E-state index contributed by atoms with van der Waals surface area (Å²) >= 11 is 6.00. The number of piperidine rings is 1. The van der Waals surface area contributed by atoms with Gasteiger partial charge in [0.1, 0.15) is 5.54 Å². The van der Waals surface area contributed by atoms with E-state index < -0.39 is 5.54 Å². The quantitative estimate of drug-likeness (QED) is 0.762. The van der Waals surface area contributed by atoms with Crippen molar-refractivity contribution in [2.45, 2.75) is 38.8 Å². The Balaban J connectivity index is 1.46. The number of carbonyl (C=O) groups excluding carboxylic acids is 3. The highest BCUT2D eigenvalue weighted by molar-refractivity contribution is 6.31. The van der Waals surface area contributed by atoms with Gasteiger partial charge in [0.15, 0.2) is 0 Å². The maximum atomic E-state index is 13.2. The summed E-state index contributed by atoms with van der Waals surface area (Å²) < 4.78 is 0. The van der Waals surface area contributed by atoms with Gasteiger partial charge in [-0.1, -0.05) is 41.4 Å². The lowest BCUT2D eigenvalue weighted by Crippen LogP contribution is -2.55. The lowest BCUT2D eigenvalue weighted by Gasteiger charge is -2.37. The molecule has 1 spiro atoms. The third-order valence-corrected chi connectivity index (χ3v) is 6.29. The highest BCUT2D eigenvalue weighted by atomic mass is 35.5. The SMILES string of the molecule is Cc1ccc(C)c(CN2C(=O)NC3(CCN(C(=O)c4cccc(Cl)c4)CC3)C2=O)c1. The zero-order chi connectivity index (χ0) is 21.5. The second kappa shape index (κ2) is 7.76. The average Bonchev–Trinajstić information content (AvgIpc) is 2.95. The fourth-order valence-electron chi connectivity index (χ4n) is 4.20. The number of hydrogen-bond donors (Lipinski definition) is 1. The Hall–Kier alpha value is -2.86. The Bertz CT molecular complexity index is 1030. The summed E-state index contributed by atoms with van der Waals surface area (Å²) in [7, 11) is 0. The molecule has 4 amide bonds. The van der Waals surface area contributed by atoms with Gasteiger partial charge in [0, 0.05) is 23.7 Å². The number of imide groups is 1. The molecule has 6 nitrogen and oxygen atoms in total. The molecule has 156 valence electrons. The maximum absolute atomic E-state index is 13.2. The van der Waals surface area contributed by atoms with Crippen LogP contribution in [0.4, 0.5) is 4.79 Å². The fourth-order valence-corrected chi connectivity index (χ4v) is 4.39. The van der Waals surface area contributed by atoms with Gasteiger partial charge in [-0.2, -0.15) is 0 Å². The highest BCUT2D eigenvalue weighted by Crippen LogP contribution is 2.31. The molecule has 2 fully saturated rings. The highest BCUT2D eigenvalue weighted by Gasteiger charge is 2.52. The van der Waals surface area contributed by atoms with Crippen molar-refractivity contribution in [1.82, 2.24) is 15.1 Å². The van der Waals surface area contributed by atoms with E-state index in [4.69, 9.17) is 11.6 Å². The van der Waals surface area contributed by atoms with Crippen LogP contribution in [0.25, 0.3) is 0 Å². The molecule has 2 saturated heterocycles. The van der Waals surface area contributed by atoms with Crippen LogP contribution < -0.4 is 5.32 Å². The van der Waals surface area contributed by atoms with E-state index in [1.165, 1.54) is 4.90 Å². The minimum Gasteiger partial charge on any atom is -0.338 e. The van der Waals surface area contributed by atoms with Crippen LogP contribution in [-0.4, -0.2) is 46.3 Å². The van der Waals surface area contributed by atoms with E-state index in [1.54, 1.807) is 29.2 Å². The number of halogens is 1. The second-order valence-corrected chi connectivity index (χ2v) is 8.57. The largest absolute Gasteiger partial charge is 0.338 e. The molecule has 4 rings (SSSR count). The fraction of sp³-hybridized carbons (Fsp3) is 0.348. The third kappa shape index (κ3) is 3.67. The van der Waals surface area contributed by atoms with Crippen LogP contribution in [0.3, 0.4) is 0 Å². The molecule has 0 saturated carbocycles. The van der Waals surface area contributed by atoms with Crippen LogP contribution in [0.1, 0.15) is 39.9 Å². The molecule has 7 heteroatoms. The van der Waals surface area contributed by atoms with Crippen molar-refractivity contribution in [1.29, 1.82) is 0 Å². The normalized spacial score (nSPS) is 18.1. The van der Waals surface area contributed by atoms with Gasteiger partial charge >= 0.3 is 6.03 Å². The van der Waals surface area contributed by atoms with Gasteiger partial charge in [0.2, 0.25) is 0 Å². The number of urea groups is 1. The Morgan fingerprint density at radius 1 is 1.10 bits per heavy atom. The molecule has 0 unspecified atom stereocenters. The van der Waals surface area contributed by atoms with Crippen molar-refractivity contribution in [3.8, 4) is 0 Å². The summed E-state index contributed by atoms with van der Waals surface area (Å²) in [5.41, 5.74) is 2.69. The van der Waals surface area contributed by atoms with Gasteiger partial charge in [-0.15, -0.1) is 0 Å². The molecule has 30 heavy (non-hydrogen) atoms. The predicted molar refractivity (Wildman–Crippen MR) is 114 cm³/mol. The number of aryl methyl sites for hydroxylation is 2. The lowest BCUT2D eigenvalue weighted by atomic mass is 9.87. The minimum atomic E-state index is -0.931. The standard InChI is InChI=1S/C23H24ClN3O3/c1-15-6-7-16(2)18(12-15)14-27-21(29)23(25-22(27)30)8-10-26(11-9-23)20(28)17-4-3-5-19(24)13-17/h3-7,12-13H,8-11,14H2,1-2H3,(H,25,30). The van der Waals surface area contributed by atoms with Crippen molar-refractivity contribution in [2.24, 2.45) is 0 Å². The molecular formula is C23H24ClN3O3. The Kier molecular flexibility index (Phi) is 5.28. The van der Waals surface area contributed by atoms with E-state index in [2.05, 4.69) is 5.32 Å². The lowest BCUT2D eigenvalue weighted by molar-refractivity contribution is -0.133. The molecule has 2 aliphatic rings. The summed E-state index contributed by atoms with van der Waals surface area (Å²) in [6.45, 7) is 5.01. The monoisotopic (exact) mass is 425 g/mol. The number of benzene rings is 2. The first-order chi connectivity index (χ1) is 14.3. The van der Waals surface area contributed by atoms with Gasteiger partial charge in [-0.3, -0.25) is 14.5 Å². The summed E-state index contributed by atoms with van der Waals surface area (Å²) in [5.74, 6) is -0.320. The molecule has 2 aromatic rings. The Labute approximate surface area is 180 Å². The molecule has 2 aromatic carbocycles. The second-order valence-electron chi connectivity index (χ2n) is 8.14. The van der Waals surface area contributed by atoms with E-state index >= 15 is 0 Å². The van der Waals surface area contributed by atoms with Crippen LogP contribution in [0.5, 0.6) is 0 Å². The van der Waals surface area contributed by atoms with E-state index in [9.17, 15) is 14.4 Å². The van der Waals surface area contributed by atoms with Crippen LogP contribution in [0.15, 0.2) is 42.5 Å². The maximum Gasteiger partial charge on any atom is 0.325 e. The third-order valence-electron chi connectivity index (χ3n) is 6.05. The number of likely N-dealkylation sites (tertiary alicyclic amines) is 1. The van der Waals surface area contributed by atoms with E-state index in [0.717, 1.165) is 16.7 Å². The Morgan fingerprint density at radius 3 is 2.53 bits per heavy atom. The number of carbonyl (C=O) groups is 3. The first-order valence-corrected chi connectivity index (χ1v) is 10.4. The molecular weight excluding hydrogens is 402 g/mol. The summed E-state index contributed by atoms with van der Waals surface area (Å²) in [6, 6.07) is 12.5. The number of nitrogens with zero attached hydrogens (tertiary/aromatic N) is 2. The van der Waals surface area contributed by atoms with Gasteiger partial charge in [-0.25, -0.2) is 4.79 Å². The molecule has 1 N–H and O–H groups in total. The predicted octanol–water partition coefficient (Wildman–Crippen LogP) is 3.68. The molecule has 2 aliphatic heterocycles. The average molecular weight is 426 g/mol. The van der Waals surface area contributed by atoms with Crippen LogP contribution in [-0.2, 0) is 11.3 Å². The molecule has 0 aliphatic carbocycles. The van der Waals surface area contributed by atoms with Gasteiger partial charge < -0.3 is 10.2 Å². The van der Waals surface area contributed by atoms with E-state index in [-0.39, 0.29) is 24.4 Å². The van der Waals surface area contributed by atoms with Gasteiger partial charge in [-0.05, 0) is 56.0 Å². The number of hydrogen-bond acceptors (Lipinski definition) is 3.